The molecule has 0 aromatic carbocycles. The molecule has 2 N–H and O–H groups in total. The summed E-state index contributed by atoms with van der Waals surface area (Å²) in [6, 6.07) is 0. The van der Waals surface area contributed by atoms with Crippen LogP contribution in [0.3, 0.4) is 0 Å². The fraction of sp³-hybridized carbons (Fsp3) is 0.727. The third-order valence-corrected chi connectivity index (χ3v) is 2.89. The first-order valence-corrected chi connectivity index (χ1v) is 5.18. The van der Waals surface area contributed by atoms with Gasteiger partial charge in [-0.15, -0.1) is 0 Å². The molecule has 0 aromatic heterocycles. The van der Waals surface area contributed by atoms with Crippen molar-refractivity contribution < 1.29 is 9.53 Å². The van der Waals surface area contributed by atoms with Gasteiger partial charge in [-0.25, -0.2) is 4.79 Å². The van der Waals surface area contributed by atoms with Crippen LogP contribution in [-0.2, 0) is 9.53 Å². The minimum Gasteiger partial charge on any atom is -0.466 e. The Morgan fingerprint density at radius 3 is 2.79 bits per heavy atom. The van der Waals surface area contributed by atoms with Crippen LogP contribution in [0.2, 0.25) is 0 Å². The van der Waals surface area contributed by atoms with Crippen molar-refractivity contribution in [3.8, 4) is 0 Å². The van der Waals surface area contributed by atoms with Crippen molar-refractivity contribution in [3.63, 3.8) is 0 Å². The van der Waals surface area contributed by atoms with E-state index in [0.29, 0.717) is 11.6 Å². The van der Waals surface area contributed by atoms with Crippen molar-refractivity contribution in [2.75, 3.05) is 7.11 Å². The van der Waals surface area contributed by atoms with E-state index in [1.807, 2.05) is 0 Å². The summed E-state index contributed by atoms with van der Waals surface area (Å²) in [4.78, 5) is 11.0. The molecular weight excluding hydrogens is 178 g/mol. The Labute approximate surface area is 85.3 Å². The van der Waals surface area contributed by atoms with Gasteiger partial charge in [-0.05, 0) is 24.7 Å². The lowest BCUT2D eigenvalue weighted by Crippen LogP contribution is -2.20. The van der Waals surface area contributed by atoms with Crippen LogP contribution in [0.15, 0.2) is 11.8 Å². The Kier molecular flexibility index (Phi) is 3.98. The van der Waals surface area contributed by atoms with Crippen LogP contribution in [0.25, 0.3) is 0 Å². The van der Waals surface area contributed by atoms with E-state index in [0.717, 1.165) is 18.8 Å². The highest BCUT2D eigenvalue weighted by Crippen LogP contribution is 2.31. The molecule has 3 nitrogen and oxygen atoms in total. The van der Waals surface area contributed by atoms with Gasteiger partial charge in [0.15, 0.2) is 0 Å². The average Bonchev–Trinajstić information content (AvgIpc) is 2.17. The lowest BCUT2D eigenvalue weighted by molar-refractivity contribution is -0.134. The number of methoxy groups -OCH3 is 1. The Bertz CT molecular complexity index is 235. The predicted molar refractivity (Wildman–Crippen MR) is 55.4 cm³/mol. The van der Waals surface area contributed by atoms with Crippen LogP contribution in [0.4, 0.5) is 0 Å². The molecule has 0 saturated heterocycles. The maximum absolute atomic E-state index is 11.0. The summed E-state index contributed by atoms with van der Waals surface area (Å²) >= 11 is 0. The van der Waals surface area contributed by atoms with Crippen LogP contribution in [0, 0.1) is 11.8 Å². The second-order valence-corrected chi connectivity index (χ2v) is 4.14. The van der Waals surface area contributed by atoms with E-state index in [1.165, 1.54) is 26.0 Å². The molecule has 2 unspecified atom stereocenters. The molecule has 1 aliphatic carbocycles. The quantitative estimate of drug-likeness (QED) is 0.542. The van der Waals surface area contributed by atoms with Gasteiger partial charge in [-0.1, -0.05) is 19.8 Å². The summed E-state index contributed by atoms with van der Waals surface area (Å²) in [6.45, 7) is 2.23. The summed E-state index contributed by atoms with van der Waals surface area (Å²) < 4.78 is 4.54. The van der Waals surface area contributed by atoms with Crippen molar-refractivity contribution in [1.82, 2.24) is 0 Å². The second kappa shape index (κ2) is 5.03. The van der Waals surface area contributed by atoms with E-state index < -0.39 is 0 Å². The van der Waals surface area contributed by atoms with Crippen LogP contribution in [0.1, 0.15) is 32.6 Å². The molecule has 1 saturated carbocycles. The number of hydrogen-bond donors (Lipinski definition) is 1. The highest BCUT2D eigenvalue weighted by atomic mass is 16.5. The van der Waals surface area contributed by atoms with Gasteiger partial charge >= 0.3 is 5.97 Å². The zero-order chi connectivity index (χ0) is 10.6. The fourth-order valence-corrected chi connectivity index (χ4v) is 2.05. The van der Waals surface area contributed by atoms with Gasteiger partial charge in [0.2, 0.25) is 0 Å². The minimum atomic E-state index is -0.347. The van der Waals surface area contributed by atoms with Crippen LogP contribution in [0.5, 0.6) is 0 Å². The van der Waals surface area contributed by atoms with E-state index in [1.54, 1.807) is 0 Å². The summed E-state index contributed by atoms with van der Waals surface area (Å²) in [7, 11) is 1.37. The second-order valence-electron chi connectivity index (χ2n) is 4.14. The third kappa shape index (κ3) is 3.05. The molecule has 1 rings (SSSR count). The van der Waals surface area contributed by atoms with Gasteiger partial charge in [0, 0.05) is 11.8 Å². The van der Waals surface area contributed by atoms with E-state index in [9.17, 15) is 4.79 Å². The summed E-state index contributed by atoms with van der Waals surface area (Å²) in [5, 5.41) is 0. The molecule has 0 amide bonds. The van der Waals surface area contributed by atoms with E-state index in [4.69, 9.17) is 5.73 Å². The summed E-state index contributed by atoms with van der Waals surface area (Å²) in [6.07, 6.45) is 6.11. The highest BCUT2D eigenvalue weighted by Gasteiger charge is 2.21. The number of esters is 1. The first-order valence-electron chi connectivity index (χ1n) is 5.18. The highest BCUT2D eigenvalue weighted by molar-refractivity contribution is 5.82. The molecule has 2 atom stereocenters. The van der Waals surface area contributed by atoms with Gasteiger partial charge in [-0.3, -0.25) is 0 Å². The van der Waals surface area contributed by atoms with Crippen LogP contribution >= 0.6 is 0 Å². The topological polar surface area (TPSA) is 52.3 Å². The van der Waals surface area contributed by atoms with Crippen molar-refractivity contribution in [2.45, 2.75) is 32.6 Å². The Morgan fingerprint density at radius 2 is 2.21 bits per heavy atom. The Hall–Kier alpha value is -0.990. The number of carbonyl (C=O) groups excluding carboxylic acids is 1. The lowest BCUT2D eigenvalue weighted by atomic mass is 9.81. The molecule has 0 aliphatic heterocycles. The zero-order valence-corrected chi connectivity index (χ0v) is 8.95. The van der Waals surface area contributed by atoms with Gasteiger partial charge in [0.1, 0.15) is 0 Å². The number of nitrogens with two attached hydrogens (primary N) is 1. The van der Waals surface area contributed by atoms with Crippen LogP contribution < -0.4 is 5.73 Å². The lowest BCUT2D eigenvalue weighted by Gasteiger charge is -2.26. The summed E-state index contributed by atoms with van der Waals surface area (Å²) in [5.74, 6) is 0.747. The molecule has 0 spiro atoms. The number of hydrogen-bond acceptors (Lipinski definition) is 3. The van der Waals surface area contributed by atoms with Gasteiger partial charge in [0.05, 0.1) is 7.11 Å². The van der Waals surface area contributed by atoms with E-state index >= 15 is 0 Å². The normalized spacial score (nSPS) is 28.6. The van der Waals surface area contributed by atoms with Crippen molar-refractivity contribution in [3.05, 3.63) is 11.8 Å². The maximum Gasteiger partial charge on any atom is 0.332 e. The monoisotopic (exact) mass is 197 g/mol. The number of allylic oxidation sites excluding steroid dienone is 1. The molecular formula is C11H19NO2. The Balaban J connectivity index is 2.54. The number of rotatable bonds is 2. The molecule has 1 aliphatic rings. The first kappa shape index (κ1) is 11.1. The molecule has 0 heterocycles. The van der Waals surface area contributed by atoms with Crippen molar-refractivity contribution >= 4 is 5.97 Å². The minimum absolute atomic E-state index is 0.347. The van der Waals surface area contributed by atoms with Gasteiger partial charge in [-0.2, -0.15) is 0 Å². The largest absolute Gasteiger partial charge is 0.466 e. The fourth-order valence-electron chi connectivity index (χ4n) is 2.05. The maximum atomic E-state index is 11.0. The SMILES string of the molecule is COC(=O)C=C(N)C1CCCC(C)C1. The summed E-state index contributed by atoms with van der Waals surface area (Å²) in [5.41, 5.74) is 6.53. The first-order chi connectivity index (χ1) is 6.63. The molecule has 0 radical (unpaired) electrons. The standard InChI is InChI=1S/C11H19NO2/c1-8-4-3-5-9(6-8)10(12)7-11(13)14-2/h7-9H,3-6,12H2,1-2H3. The Morgan fingerprint density at radius 1 is 1.50 bits per heavy atom. The smallest absolute Gasteiger partial charge is 0.332 e. The van der Waals surface area contributed by atoms with E-state index in [2.05, 4.69) is 11.7 Å². The zero-order valence-electron chi connectivity index (χ0n) is 8.95. The molecule has 0 aromatic rings. The molecule has 0 bridgehead atoms. The van der Waals surface area contributed by atoms with E-state index in [-0.39, 0.29) is 5.97 Å². The molecule has 14 heavy (non-hydrogen) atoms. The molecule has 3 heteroatoms. The average molecular weight is 197 g/mol. The predicted octanol–water partition coefficient (Wildman–Crippen LogP) is 1.83. The molecule has 1 fully saturated rings. The van der Waals surface area contributed by atoms with Crippen molar-refractivity contribution in [2.24, 2.45) is 17.6 Å². The van der Waals surface area contributed by atoms with Gasteiger partial charge < -0.3 is 10.5 Å². The number of ether oxygens (including phenoxy) is 1. The third-order valence-electron chi connectivity index (χ3n) is 2.89. The van der Waals surface area contributed by atoms with Crippen LogP contribution in [-0.4, -0.2) is 13.1 Å². The van der Waals surface area contributed by atoms with Crippen molar-refractivity contribution in [1.29, 1.82) is 0 Å². The van der Waals surface area contributed by atoms with Gasteiger partial charge in [0.25, 0.3) is 0 Å². The number of carbonyl (C=O) groups is 1. The molecule has 80 valence electrons.